The molecule has 0 atom stereocenters. The molecule has 0 aliphatic rings. The summed E-state index contributed by atoms with van der Waals surface area (Å²) >= 11 is 0. The van der Waals surface area contributed by atoms with Crippen LogP contribution in [0.5, 0.6) is 17.2 Å². The molecule has 0 saturated heterocycles. The molecule has 1 aromatic heterocycles. The van der Waals surface area contributed by atoms with Crippen LogP contribution in [0.1, 0.15) is 57.8 Å². The molecule has 0 aliphatic heterocycles. The van der Waals surface area contributed by atoms with Crippen LogP contribution in [0.25, 0.3) is 11.0 Å². The highest BCUT2D eigenvalue weighted by atomic mass is 16.6. The molecule has 0 amide bonds. The first-order valence-electron chi connectivity index (χ1n) is 11.7. The third-order valence-corrected chi connectivity index (χ3v) is 5.13. The molecule has 2 aromatic carbocycles. The lowest BCUT2D eigenvalue weighted by Crippen LogP contribution is -2.16. The van der Waals surface area contributed by atoms with Crippen LogP contribution in [-0.2, 0) is 0 Å². The van der Waals surface area contributed by atoms with Crippen LogP contribution >= 0.6 is 0 Å². The van der Waals surface area contributed by atoms with Crippen LogP contribution in [-0.4, -0.2) is 18.7 Å². The first-order valence-corrected chi connectivity index (χ1v) is 11.7. The number of esters is 1. The number of benzene rings is 2. The maximum absolute atomic E-state index is 13.0. The number of allylic oxidation sites excluding steroid dienone is 3. The van der Waals surface area contributed by atoms with Crippen molar-refractivity contribution in [3.05, 3.63) is 87.8 Å². The van der Waals surface area contributed by atoms with E-state index >= 15 is 0 Å². The van der Waals surface area contributed by atoms with Gasteiger partial charge in [-0.1, -0.05) is 41.5 Å². The third-order valence-electron chi connectivity index (χ3n) is 5.13. The molecule has 35 heavy (non-hydrogen) atoms. The third kappa shape index (κ3) is 7.09. The molecule has 184 valence electrons. The Hall–Kier alpha value is -3.80. The van der Waals surface area contributed by atoms with Crippen LogP contribution < -0.4 is 19.8 Å². The van der Waals surface area contributed by atoms with Gasteiger partial charge in [0.15, 0.2) is 17.1 Å². The highest BCUT2D eigenvalue weighted by Crippen LogP contribution is 2.37. The van der Waals surface area contributed by atoms with E-state index in [0.717, 1.165) is 18.4 Å². The average molecular weight is 477 g/mol. The normalized spacial score (nSPS) is 11.4. The Morgan fingerprint density at radius 3 is 2.40 bits per heavy atom. The Labute approximate surface area is 205 Å². The summed E-state index contributed by atoms with van der Waals surface area (Å²) in [6.45, 7) is 10.1. The van der Waals surface area contributed by atoms with Gasteiger partial charge >= 0.3 is 11.6 Å². The van der Waals surface area contributed by atoms with Gasteiger partial charge in [0, 0.05) is 0 Å². The van der Waals surface area contributed by atoms with Crippen LogP contribution in [0.15, 0.2) is 81.0 Å². The fraction of sp³-hybridized carbons (Fsp3) is 0.310. The van der Waals surface area contributed by atoms with Crippen molar-refractivity contribution >= 4 is 16.9 Å². The van der Waals surface area contributed by atoms with Crippen molar-refractivity contribution in [3.8, 4) is 17.2 Å². The quantitative estimate of drug-likeness (QED) is 0.181. The van der Waals surface area contributed by atoms with Crippen molar-refractivity contribution in [2.24, 2.45) is 0 Å². The van der Waals surface area contributed by atoms with Crippen molar-refractivity contribution < 1.29 is 23.4 Å². The standard InChI is InChI=1S/C29H32O6/c1-19(2)11-9-12-21(5)17-18-32-26-23-15-10-16-24(33-20(3)4)25(23)34-29(31)27(26)35-28(30)22-13-7-6-8-14-22/h6-8,10-11,13-17,20H,9,12,18H2,1-5H3/b21-17+. The minimum atomic E-state index is -0.819. The lowest BCUT2D eigenvalue weighted by atomic mass is 10.1. The zero-order valence-electron chi connectivity index (χ0n) is 20.9. The molecule has 0 spiro atoms. The Morgan fingerprint density at radius 2 is 1.71 bits per heavy atom. The fourth-order valence-electron chi connectivity index (χ4n) is 3.42. The van der Waals surface area contributed by atoms with Gasteiger partial charge in [0.05, 0.1) is 17.1 Å². The second-order valence-corrected chi connectivity index (χ2v) is 8.78. The monoisotopic (exact) mass is 476 g/mol. The van der Waals surface area contributed by atoms with E-state index in [0.29, 0.717) is 16.7 Å². The Kier molecular flexibility index (Phi) is 8.90. The van der Waals surface area contributed by atoms with Gasteiger partial charge in [-0.25, -0.2) is 9.59 Å². The molecular formula is C29H32O6. The highest BCUT2D eigenvalue weighted by molar-refractivity contribution is 5.94. The molecule has 6 heteroatoms. The van der Waals surface area contributed by atoms with E-state index in [1.54, 1.807) is 48.5 Å². The molecule has 0 saturated carbocycles. The molecular weight excluding hydrogens is 444 g/mol. The van der Waals surface area contributed by atoms with Gasteiger partial charge in [-0.3, -0.25) is 0 Å². The molecule has 1 heterocycles. The first-order chi connectivity index (χ1) is 16.8. The fourth-order valence-corrected chi connectivity index (χ4v) is 3.42. The van der Waals surface area contributed by atoms with Crippen LogP contribution in [0.2, 0.25) is 0 Å². The first kappa shape index (κ1) is 25.8. The molecule has 3 rings (SSSR count). The summed E-state index contributed by atoms with van der Waals surface area (Å²) in [7, 11) is 0. The van der Waals surface area contributed by atoms with Crippen LogP contribution in [0.4, 0.5) is 0 Å². The zero-order chi connectivity index (χ0) is 25.4. The lowest BCUT2D eigenvalue weighted by molar-refractivity contribution is 0.0722. The Morgan fingerprint density at radius 1 is 0.971 bits per heavy atom. The lowest BCUT2D eigenvalue weighted by Gasteiger charge is -2.15. The predicted octanol–water partition coefficient (Wildman–Crippen LogP) is 6.87. The summed E-state index contributed by atoms with van der Waals surface area (Å²) in [4.78, 5) is 25.7. The Bertz CT molecular complexity index is 1280. The van der Waals surface area contributed by atoms with Crippen LogP contribution in [0, 0.1) is 0 Å². The molecule has 0 N–H and O–H groups in total. The number of fused-ring (bicyclic) bond motifs is 1. The second-order valence-electron chi connectivity index (χ2n) is 8.78. The number of hydrogen-bond acceptors (Lipinski definition) is 6. The van der Waals surface area contributed by atoms with Gasteiger partial charge in [0.25, 0.3) is 5.75 Å². The largest absolute Gasteiger partial charge is 0.487 e. The van der Waals surface area contributed by atoms with Crippen LogP contribution in [0.3, 0.4) is 0 Å². The second kappa shape index (κ2) is 12.1. The SMILES string of the molecule is CC(C)=CCC/C(C)=C/COc1c(OC(=O)c2ccccc2)c(=O)oc2c(OC(C)C)cccc12. The number of hydrogen-bond donors (Lipinski definition) is 0. The summed E-state index contributed by atoms with van der Waals surface area (Å²) in [6.07, 6.45) is 5.85. The van der Waals surface area contributed by atoms with E-state index in [9.17, 15) is 9.59 Å². The molecule has 3 aromatic rings. The van der Waals surface area contributed by atoms with Gasteiger partial charge < -0.3 is 18.6 Å². The number of carbonyl (C=O) groups excluding carboxylic acids is 1. The highest BCUT2D eigenvalue weighted by Gasteiger charge is 2.23. The molecule has 0 bridgehead atoms. The topological polar surface area (TPSA) is 75.0 Å². The van der Waals surface area contributed by atoms with Crippen molar-refractivity contribution in [1.29, 1.82) is 0 Å². The van der Waals surface area contributed by atoms with Gasteiger partial charge in [-0.05, 0) is 77.8 Å². The van der Waals surface area contributed by atoms with E-state index in [1.807, 2.05) is 26.8 Å². The van der Waals surface area contributed by atoms with Gasteiger partial charge in [-0.15, -0.1) is 0 Å². The average Bonchev–Trinajstić information content (AvgIpc) is 2.81. The van der Waals surface area contributed by atoms with Crippen molar-refractivity contribution in [2.75, 3.05) is 6.61 Å². The van der Waals surface area contributed by atoms with Gasteiger partial charge in [0.1, 0.15) is 6.61 Å². The summed E-state index contributed by atoms with van der Waals surface area (Å²) < 4.78 is 22.9. The maximum atomic E-state index is 13.0. The summed E-state index contributed by atoms with van der Waals surface area (Å²) in [5.74, 6) is -0.411. The van der Waals surface area contributed by atoms with E-state index in [4.69, 9.17) is 18.6 Å². The van der Waals surface area contributed by atoms with E-state index in [2.05, 4.69) is 19.9 Å². The smallest absolute Gasteiger partial charge is 0.383 e. The number of carbonyl (C=O) groups is 1. The summed E-state index contributed by atoms with van der Waals surface area (Å²) in [5, 5.41) is 0.481. The Balaban J connectivity index is 1.99. The summed E-state index contributed by atoms with van der Waals surface area (Å²) in [5.41, 5.74) is 2.16. The number of para-hydroxylation sites is 1. The van der Waals surface area contributed by atoms with E-state index in [-0.39, 0.29) is 29.8 Å². The molecule has 0 fully saturated rings. The van der Waals surface area contributed by atoms with Crippen molar-refractivity contribution in [2.45, 2.75) is 53.6 Å². The molecule has 0 radical (unpaired) electrons. The molecule has 0 aliphatic carbocycles. The van der Waals surface area contributed by atoms with E-state index in [1.165, 1.54) is 5.57 Å². The molecule has 0 unspecified atom stereocenters. The van der Waals surface area contributed by atoms with Gasteiger partial charge in [-0.2, -0.15) is 0 Å². The van der Waals surface area contributed by atoms with E-state index < -0.39 is 11.6 Å². The minimum absolute atomic E-state index is 0.128. The predicted molar refractivity (Wildman–Crippen MR) is 138 cm³/mol. The van der Waals surface area contributed by atoms with Crippen molar-refractivity contribution in [1.82, 2.24) is 0 Å². The van der Waals surface area contributed by atoms with Gasteiger partial charge in [0.2, 0.25) is 0 Å². The molecule has 6 nitrogen and oxygen atoms in total. The number of ether oxygens (including phenoxy) is 3. The number of rotatable bonds is 10. The van der Waals surface area contributed by atoms with Crippen molar-refractivity contribution in [3.63, 3.8) is 0 Å². The minimum Gasteiger partial charge on any atom is -0.487 e. The summed E-state index contributed by atoms with van der Waals surface area (Å²) in [6, 6.07) is 13.7. The zero-order valence-corrected chi connectivity index (χ0v) is 20.9. The maximum Gasteiger partial charge on any atom is 0.383 e.